The molecule has 1 aromatic rings. The van der Waals surface area contributed by atoms with Gasteiger partial charge in [-0.25, -0.2) is 13.2 Å². The van der Waals surface area contributed by atoms with E-state index in [-0.39, 0.29) is 17.5 Å². The summed E-state index contributed by atoms with van der Waals surface area (Å²) in [5.41, 5.74) is 0.912. The van der Waals surface area contributed by atoms with Crippen molar-refractivity contribution in [3.63, 3.8) is 0 Å². The molecule has 2 rings (SSSR count). The van der Waals surface area contributed by atoms with Gasteiger partial charge in [0, 0.05) is 17.4 Å². The van der Waals surface area contributed by atoms with Gasteiger partial charge in [0.25, 0.3) is 0 Å². The molecule has 1 atom stereocenters. The van der Waals surface area contributed by atoms with E-state index < -0.39 is 21.5 Å². The van der Waals surface area contributed by atoms with Crippen molar-refractivity contribution in [2.75, 3.05) is 22.1 Å². The number of benzene rings is 1. The molecule has 1 saturated heterocycles. The van der Waals surface area contributed by atoms with Crippen LogP contribution in [0.3, 0.4) is 0 Å². The van der Waals surface area contributed by atoms with Gasteiger partial charge in [0.1, 0.15) is 5.60 Å². The molecule has 0 aliphatic carbocycles. The number of ether oxygens (including phenoxy) is 1. The van der Waals surface area contributed by atoms with Crippen molar-refractivity contribution in [3.8, 4) is 0 Å². The molecule has 1 unspecified atom stereocenters. The third-order valence-electron chi connectivity index (χ3n) is 3.13. The van der Waals surface area contributed by atoms with E-state index in [0.717, 1.165) is 5.69 Å². The highest BCUT2D eigenvalue weighted by Crippen LogP contribution is 2.20. The standard InChI is InChI=1S/C15H22N2O4S/c1-15(2,3)21-14(18)17-12-6-4-11(5-7-12)16-13-8-9-22(19,20)10-13/h4-7,13,16H,8-10H2,1-3H3,(H,17,18). The van der Waals surface area contributed by atoms with Gasteiger partial charge < -0.3 is 10.1 Å². The van der Waals surface area contributed by atoms with Crippen molar-refractivity contribution >= 4 is 27.3 Å². The average molecular weight is 326 g/mol. The van der Waals surface area contributed by atoms with Gasteiger partial charge in [0.05, 0.1) is 11.5 Å². The molecule has 0 saturated carbocycles. The maximum absolute atomic E-state index is 11.6. The summed E-state index contributed by atoms with van der Waals surface area (Å²) in [4.78, 5) is 11.6. The Bertz CT molecular complexity index is 633. The third kappa shape index (κ3) is 5.22. The zero-order valence-corrected chi connectivity index (χ0v) is 13.9. The Morgan fingerprint density at radius 1 is 1.18 bits per heavy atom. The first-order valence-electron chi connectivity index (χ1n) is 7.20. The molecule has 1 aromatic carbocycles. The van der Waals surface area contributed by atoms with Crippen molar-refractivity contribution < 1.29 is 17.9 Å². The smallest absolute Gasteiger partial charge is 0.412 e. The molecule has 0 bridgehead atoms. The fraction of sp³-hybridized carbons (Fsp3) is 0.533. The number of hydrogen-bond acceptors (Lipinski definition) is 5. The van der Waals surface area contributed by atoms with Crippen LogP contribution in [0.25, 0.3) is 0 Å². The number of anilines is 2. The molecule has 1 heterocycles. The maximum Gasteiger partial charge on any atom is 0.412 e. The van der Waals surface area contributed by atoms with Crippen molar-refractivity contribution in [3.05, 3.63) is 24.3 Å². The highest BCUT2D eigenvalue weighted by molar-refractivity contribution is 7.91. The van der Waals surface area contributed by atoms with Gasteiger partial charge in [-0.2, -0.15) is 0 Å². The number of carbonyl (C=O) groups is 1. The molecule has 122 valence electrons. The van der Waals surface area contributed by atoms with Gasteiger partial charge >= 0.3 is 6.09 Å². The van der Waals surface area contributed by atoms with Crippen LogP contribution in [0.5, 0.6) is 0 Å². The fourth-order valence-electron chi connectivity index (χ4n) is 2.22. The van der Waals surface area contributed by atoms with E-state index in [0.29, 0.717) is 12.1 Å². The highest BCUT2D eigenvalue weighted by atomic mass is 32.2. The number of nitrogens with one attached hydrogen (secondary N) is 2. The lowest BCUT2D eigenvalue weighted by Crippen LogP contribution is -2.27. The second kappa shape index (κ2) is 6.16. The largest absolute Gasteiger partial charge is 0.444 e. The molecular weight excluding hydrogens is 304 g/mol. The minimum atomic E-state index is -2.89. The Morgan fingerprint density at radius 2 is 1.77 bits per heavy atom. The number of amides is 1. The van der Waals surface area contributed by atoms with Crippen molar-refractivity contribution in [2.45, 2.75) is 38.8 Å². The number of sulfone groups is 1. The highest BCUT2D eigenvalue weighted by Gasteiger charge is 2.27. The lowest BCUT2D eigenvalue weighted by molar-refractivity contribution is 0.0636. The molecule has 0 aromatic heterocycles. The Hall–Kier alpha value is -1.76. The first-order valence-corrected chi connectivity index (χ1v) is 9.02. The quantitative estimate of drug-likeness (QED) is 0.892. The van der Waals surface area contributed by atoms with E-state index in [2.05, 4.69) is 10.6 Å². The molecule has 2 N–H and O–H groups in total. The van der Waals surface area contributed by atoms with E-state index in [1.54, 1.807) is 45.0 Å². The van der Waals surface area contributed by atoms with E-state index >= 15 is 0 Å². The second-order valence-electron chi connectivity index (χ2n) is 6.45. The van der Waals surface area contributed by atoms with Crippen molar-refractivity contribution in [2.24, 2.45) is 0 Å². The normalized spacial score (nSPS) is 20.4. The van der Waals surface area contributed by atoms with Gasteiger partial charge in [-0.15, -0.1) is 0 Å². The Labute approximate surface area is 131 Å². The van der Waals surface area contributed by atoms with Gasteiger partial charge in [-0.05, 0) is 51.5 Å². The van der Waals surface area contributed by atoms with Crippen LogP contribution < -0.4 is 10.6 Å². The summed E-state index contributed by atoms with van der Waals surface area (Å²) in [6.07, 6.45) is 0.121. The van der Waals surface area contributed by atoms with Crippen LogP contribution in [-0.2, 0) is 14.6 Å². The van der Waals surface area contributed by atoms with Crippen LogP contribution in [0.2, 0.25) is 0 Å². The van der Waals surface area contributed by atoms with E-state index in [9.17, 15) is 13.2 Å². The van der Waals surface area contributed by atoms with Crippen molar-refractivity contribution in [1.29, 1.82) is 0 Å². The van der Waals surface area contributed by atoms with Gasteiger partial charge in [0.2, 0.25) is 0 Å². The minimum absolute atomic E-state index is 0.0466. The van der Waals surface area contributed by atoms with Gasteiger partial charge in [-0.1, -0.05) is 0 Å². The topological polar surface area (TPSA) is 84.5 Å². The third-order valence-corrected chi connectivity index (χ3v) is 4.90. The van der Waals surface area contributed by atoms with E-state index in [4.69, 9.17) is 4.74 Å². The maximum atomic E-state index is 11.6. The molecular formula is C15H22N2O4S. The van der Waals surface area contributed by atoms with Gasteiger partial charge in [0.15, 0.2) is 9.84 Å². The average Bonchev–Trinajstić information content (AvgIpc) is 2.69. The lowest BCUT2D eigenvalue weighted by atomic mass is 10.2. The minimum Gasteiger partial charge on any atom is -0.444 e. The Morgan fingerprint density at radius 3 is 2.27 bits per heavy atom. The molecule has 7 heteroatoms. The van der Waals surface area contributed by atoms with Crippen LogP contribution in [0.1, 0.15) is 27.2 Å². The monoisotopic (exact) mass is 326 g/mol. The molecule has 22 heavy (non-hydrogen) atoms. The number of hydrogen-bond donors (Lipinski definition) is 2. The summed E-state index contributed by atoms with van der Waals surface area (Å²) in [6.45, 7) is 5.40. The van der Waals surface area contributed by atoms with Crippen LogP contribution in [0.4, 0.5) is 16.2 Å². The van der Waals surface area contributed by atoms with Crippen LogP contribution >= 0.6 is 0 Å². The Kier molecular flexibility index (Phi) is 4.65. The zero-order valence-electron chi connectivity index (χ0n) is 13.0. The molecule has 0 spiro atoms. The van der Waals surface area contributed by atoms with Gasteiger partial charge in [-0.3, -0.25) is 5.32 Å². The summed E-state index contributed by atoms with van der Waals surface area (Å²) in [5.74, 6) is 0.411. The SMILES string of the molecule is CC(C)(C)OC(=O)Nc1ccc(NC2CCS(=O)(=O)C2)cc1. The number of rotatable bonds is 3. The van der Waals surface area contributed by atoms with E-state index in [1.165, 1.54) is 0 Å². The summed E-state index contributed by atoms with van der Waals surface area (Å²) in [6, 6.07) is 7.05. The molecule has 1 aliphatic heterocycles. The Balaban J connectivity index is 1.89. The summed E-state index contributed by atoms with van der Waals surface area (Å²) >= 11 is 0. The molecule has 1 fully saturated rings. The summed E-state index contributed by atoms with van der Waals surface area (Å²) < 4.78 is 28.0. The zero-order chi connectivity index (χ0) is 16.4. The molecule has 1 amide bonds. The van der Waals surface area contributed by atoms with Crippen LogP contribution in [-0.4, -0.2) is 37.7 Å². The summed E-state index contributed by atoms with van der Waals surface area (Å²) in [7, 11) is -2.89. The predicted octanol–water partition coefficient (Wildman–Crippen LogP) is 2.63. The second-order valence-corrected chi connectivity index (χ2v) is 8.68. The lowest BCUT2D eigenvalue weighted by Gasteiger charge is -2.19. The molecule has 0 radical (unpaired) electrons. The van der Waals surface area contributed by atoms with Crippen molar-refractivity contribution in [1.82, 2.24) is 0 Å². The van der Waals surface area contributed by atoms with Crippen LogP contribution in [0, 0.1) is 0 Å². The molecule has 6 nitrogen and oxygen atoms in total. The van der Waals surface area contributed by atoms with Crippen LogP contribution in [0.15, 0.2) is 24.3 Å². The first-order chi connectivity index (χ1) is 10.1. The number of carbonyl (C=O) groups excluding carboxylic acids is 1. The predicted molar refractivity (Wildman–Crippen MR) is 87.0 cm³/mol. The van der Waals surface area contributed by atoms with E-state index in [1.807, 2.05) is 0 Å². The fourth-order valence-corrected chi connectivity index (χ4v) is 3.89. The molecule has 1 aliphatic rings. The first kappa shape index (κ1) is 16.6. The summed E-state index contributed by atoms with van der Waals surface area (Å²) in [5, 5.41) is 5.84.